The normalized spacial score (nSPS) is 12.4. The van der Waals surface area contributed by atoms with Gasteiger partial charge in [-0.1, -0.05) is 63.9 Å². The summed E-state index contributed by atoms with van der Waals surface area (Å²) >= 11 is 9.71. The van der Waals surface area contributed by atoms with Crippen LogP contribution >= 0.6 is 27.5 Å². The molecule has 100 valence electrons. The standard InChI is InChI=1S/C16H15BrClF/c17-15(12-5-2-1-3-6-12)8-4-7-13-9-10-14(19)11-16(13)18/h1-3,5-6,9-11,15H,4,7-8H2. The summed E-state index contributed by atoms with van der Waals surface area (Å²) in [6, 6.07) is 14.9. The van der Waals surface area contributed by atoms with Crippen molar-refractivity contribution < 1.29 is 4.39 Å². The fourth-order valence-corrected chi connectivity index (χ4v) is 2.92. The molecule has 0 saturated carbocycles. The molecule has 0 aliphatic heterocycles. The Bertz CT molecular complexity index is 528. The summed E-state index contributed by atoms with van der Waals surface area (Å²) in [7, 11) is 0. The Morgan fingerprint density at radius 3 is 2.53 bits per heavy atom. The first-order valence-electron chi connectivity index (χ1n) is 6.30. The van der Waals surface area contributed by atoms with Crippen molar-refractivity contribution in [3.8, 4) is 0 Å². The third-order valence-corrected chi connectivity index (χ3v) is 4.42. The summed E-state index contributed by atoms with van der Waals surface area (Å²) < 4.78 is 12.9. The summed E-state index contributed by atoms with van der Waals surface area (Å²) in [5.41, 5.74) is 2.29. The van der Waals surface area contributed by atoms with Gasteiger partial charge in [0.2, 0.25) is 0 Å². The van der Waals surface area contributed by atoms with Crippen molar-refractivity contribution in [3.63, 3.8) is 0 Å². The molecule has 0 saturated heterocycles. The predicted octanol–water partition coefficient (Wildman–Crippen LogP) is 5.94. The predicted molar refractivity (Wildman–Crippen MR) is 82.5 cm³/mol. The molecule has 0 aliphatic rings. The molecule has 0 amide bonds. The minimum atomic E-state index is -0.281. The smallest absolute Gasteiger partial charge is 0.124 e. The van der Waals surface area contributed by atoms with Gasteiger partial charge >= 0.3 is 0 Å². The van der Waals surface area contributed by atoms with E-state index in [-0.39, 0.29) is 5.82 Å². The average molecular weight is 342 g/mol. The van der Waals surface area contributed by atoms with E-state index in [1.165, 1.54) is 17.7 Å². The van der Waals surface area contributed by atoms with E-state index in [2.05, 4.69) is 28.1 Å². The Labute approximate surface area is 126 Å². The van der Waals surface area contributed by atoms with Crippen molar-refractivity contribution in [2.24, 2.45) is 0 Å². The minimum Gasteiger partial charge on any atom is -0.207 e. The van der Waals surface area contributed by atoms with Gasteiger partial charge in [0.15, 0.2) is 0 Å². The van der Waals surface area contributed by atoms with E-state index in [1.807, 2.05) is 18.2 Å². The minimum absolute atomic E-state index is 0.281. The SMILES string of the molecule is Fc1ccc(CCCC(Br)c2ccccc2)c(Cl)c1. The van der Waals surface area contributed by atoms with Crippen LogP contribution in [0, 0.1) is 5.82 Å². The first-order valence-corrected chi connectivity index (χ1v) is 7.59. The molecule has 0 fully saturated rings. The molecule has 3 heteroatoms. The summed E-state index contributed by atoms with van der Waals surface area (Å²) in [5.74, 6) is -0.281. The third-order valence-electron chi connectivity index (χ3n) is 3.08. The fourth-order valence-electron chi connectivity index (χ4n) is 2.02. The zero-order valence-corrected chi connectivity index (χ0v) is 12.8. The van der Waals surface area contributed by atoms with E-state index in [4.69, 9.17) is 11.6 Å². The maximum absolute atomic E-state index is 12.9. The zero-order valence-electron chi connectivity index (χ0n) is 10.5. The van der Waals surface area contributed by atoms with Crippen LogP contribution in [0.15, 0.2) is 48.5 Å². The number of alkyl halides is 1. The van der Waals surface area contributed by atoms with E-state index in [1.54, 1.807) is 6.07 Å². The van der Waals surface area contributed by atoms with Gasteiger partial charge in [-0.2, -0.15) is 0 Å². The average Bonchev–Trinajstić information content (AvgIpc) is 2.42. The van der Waals surface area contributed by atoms with E-state index >= 15 is 0 Å². The highest BCUT2D eigenvalue weighted by Gasteiger charge is 2.08. The van der Waals surface area contributed by atoms with Gasteiger partial charge in [0.25, 0.3) is 0 Å². The van der Waals surface area contributed by atoms with Gasteiger partial charge in [0.05, 0.1) is 0 Å². The lowest BCUT2D eigenvalue weighted by Crippen LogP contribution is -1.93. The van der Waals surface area contributed by atoms with Gasteiger partial charge in [0, 0.05) is 9.85 Å². The summed E-state index contributed by atoms with van der Waals surface area (Å²) in [5, 5.41) is 0.519. The first kappa shape index (κ1) is 14.5. The maximum atomic E-state index is 12.9. The van der Waals surface area contributed by atoms with E-state index in [9.17, 15) is 4.39 Å². The van der Waals surface area contributed by atoms with Crippen LogP contribution in [0.25, 0.3) is 0 Å². The van der Waals surface area contributed by atoms with Gasteiger partial charge in [0.1, 0.15) is 5.82 Å². The molecular weight excluding hydrogens is 327 g/mol. The Hall–Kier alpha value is -0.860. The van der Waals surface area contributed by atoms with Crippen LogP contribution in [-0.4, -0.2) is 0 Å². The molecule has 0 N–H and O–H groups in total. The largest absolute Gasteiger partial charge is 0.207 e. The molecule has 0 radical (unpaired) electrons. The molecule has 2 rings (SSSR count). The lowest BCUT2D eigenvalue weighted by Gasteiger charge is -2.10. The fraction of sp³-hybridized carbons (Fsp3) is 0.250. The Kier molecular flexibility index (Phi) is 5.41. The topological polar surface area (TPSA) is 0 Å². The van der Waals surface area contributed by atoms with Crippen molar-refractivity contribution >= 4 is 27.5 Å². The number of halogens is 3. The molecule has 0 aromatic heterocycles. The van der Waals surface area contributed by atoms with E-state index < -0.39 is 0 Å². The maximum Gasteiger partial charge on any atom is 0.124 e. The highest BCUT2D eigenvalue weighted by atomic mass is 79.9. The lowest BCUT2D eigenvalue weighted by molar-refractivity contribution is 0.626. The molecule has 0 heterocycles. The quantitative estimate of drug-likeness (QED) is 0.591. The number of benzene rings is 2. The second-order valence-electron chi connectivity index (χ2n) is 4.51. The van der Waals surface area contributed by atoms with Crippen LogP contribution in [0.5, 0.6) is 0 Å². The van der Waals surface area contributed by atoms with Crippen LogP contribution in [-0.2, 0) is 6.42 Å². The molecule has 1 unspecified atom stereocenters. The Morgan fingerprint density at radius 2 is 1.84 bits per heavy atom. The molecule has 19 heavy (non-hydrogen) atoms. The second-order valence-corrected chi connectivity index (χ2v) is 6.02. The monoisotopic (exact) mass is 340 g/mol. The number of aryl methyl sites for hydroxylation is 1. The van der Waals surface area contributed by atoms with Gasteiger partial charge in [-0.15, -0.1) is 0 Å². The van der Waals surface area contributed by atoms with E-state index in [0.29, 0.717) is 9.85 Å². The van der Waals surface area contributed by atoms with Crippen LogP contribution in [0.3, 0.4) is 0 Å². The van der Waals surface area contributed by atoms with Crippen LogP contribution in [0.4, 0.5) is 4.39 Å². The third kappa shape index (κ3) is 4.32. The highest BCUT2D eigenvalue weighted by Crippen LogP contribution is 2.29. The lowest BCUT2D eigenvalue weighted by atomic mass is 10.0. The molecule has 2 aromatic rings. The van der Waals surface area contributed by atoms with Gasteiger partial charge in [-0.05, 0) is 42.5 Å². The molecular formula is C16H15BrClF. The van der Waals surface area contributed by atoms with Crippen LogP contribution in [0.1, 0.15) is 28.8 Å². The van der Waals surface area contributed by atoms with Gasteiger partial charge in [-0.3, -0.25) is 0 Å². The highest BCUT2D eigenvalue weighted by molar-refractivity contribution is 9.09. The van der Waals surface area contributed by atoms with Crippen molar-refractivity contribution in [1.82, 2.24) is 0 Å². The number of hydrogen-bond donors (Lipinski definition) is 0. The van der Waals surface area contributed by atoms with E-state index in [0.717, 1.165) is 24.8 Å². The van der Waals surface area contributed by atoms with Crippen molar-refractivity contribution in [3.05, 3.63) is 70.5 Å². The Morgan fingerprint density at radius 1 is 1.11 bits per heavy atom. The summed E-state index contributed by atoms with van der Waals surface area (Å²) in [4.78, 5) is 0.355. The van der Waals surface area contributed by atoms with Crippen molar-refractivity contribution in [1.29, 1.82) is 0 Å². The molecule has 2 aromatic carbocycles. The second kappa shape index (κ2) is 7.06. The van der Waals surface area contributed by atoms with Gasteiger partial charge in [-0.25, -0.2) is 4.39 Å². The first-order chi connectivity index (χ1) is 9.16. The van der Waals surface area contributed by atoms with Crippen LogP contribution < -0.4 is 0 Å². The summed E-state index contributed by atoms with van der Waals surface area (Å²) in [6.45, 7) is 0. The molecule has 0 bridgehead atoms. The number of hydrogen-bond acceptors (Lipinski definition) is 0. The summed E-state index contributed by atoms with van der Waals surface area (Å²) in [6.07, 6.45) is 2.90. The van der Waals surface area contributed by atoms with Gasteiger partial charge < -0.3 is 0 Å². The van der Waals surface area contributed by atoms with Crippen molar-refractivity contribution in [2.45, 2.75) is 24.1 Å². The molecule has 0 nitrogen and oxygen atoms in total. The Balaban J connectivity index is 1.86. The molecule has 1 atom stereocenters. The number of rotatable bonds is 5. The van der Waals surface area contributed by atoms with Crippen LogP contribution in [0.2, 0.25) is 5.02 Å². The zero-order chi connectivity index (χ0) is 13.7. The molecule has 0 aliphatic carbocycles. The van der Waals surface area contributed by atoms with Crippen molar-refractivity contribution in [2.75, 3.05) is 0 Å². The molecule has 0 spiro atoms.